The van der Waals surface area contributed by atoms with Crippen LogP contribution in [0.2, 0.25) is 0 Å². The van der Waals surface area contributed by atoms with Crippen molar-refractivity contribution >= 4 is 0 Å². The molecule has 1 unspecified atom stereocenters. The summed E-state index contributed by atoms with van der Waals surface area (Å²) in [6, 6.07) is 3.99. The van der Waals surface area contributed by atoms with Crippen LogP contribution in [0, 0.1) is 18.3 Å². The lowest BCUT2D eigenvalue weighted by molar-refractivity contribution is 0.465. The number of hydrogen-bond donors (Lipinski definition) is 1. The van der Waals surface area contributed by atoms with E-state index >= 15 is 0 Å². The molecule has 0 spiro atoms. The van der Waals surface area contributed by atoms with Crippen LogP contribution in [0.5, 0.6) is 0 Å². The second-order valence-electron chi connectivity index (χ2n) is 3.50. The zero-order valence-corrected chi connectivity index (χ0v) is 7.99. The Morgan fingerprint density at radius 1 is 1.77 bits per heavy atom. The quantitative estimate of drug-likeness (QED) is 0.745. The molecule has 0 bridgehead atoms. The van der Waals surface area contributed by atoms with Crippen molar-refractivity contribution < 1.29 is 0 Å². The maximum atomic E-state index is 8.67. The molecular weight excluding hydrogens is 164 g/mol. The van der Waals surface area contributed by atoms with Crippen LogP contribution in [-0.2, 0) is 6.54 Å². The van der Waals surface area contributed by atoms with Crippen molar-refractivity contribution in [3.63, 3.8) is 0 Å². The summed E-state index contributed by atoms with van der Waals surface area (Å²) in [5.41, 5.74) is 5.90. The molecular formula is C9H14N4. The largest absolute Gasteiger partial charge is 0.314 e. The van der Waals surface area contributed by atoms with Crippen LogP contribution in [0.25, 0.3) is 0 Å². The molecule has 13 heavy (non-hydrogen) atoms. The lowest BCUT2D eigenvalue weighted by atomic mass is 10.0. The van der Waals surface area contributed by atoms with Gasteiger partial charge in [-0.15, -0.1) is 0 Å². The van der Waals surface area contributed by atoms with E-state index in [1.165, 1.54) is 0 Å². The van der Waals surface area contributed by atoms with Crippen molar-refractivity contribution in [1.82, 2.24) is 9.78 Å². The monoisotopic (exact) mass is 178 g/mol. The van der Waals surface area contributed by atoms with Gasteiger partial charge in [-0.05, 0) is 26.3 Å². The number of aryl methyl sites for hydroxylation is 2. The smallest absolute Gasteiger partial charge is 0.103 e. The predicted molar refractivity (Wildman–Crippen MR) is 49.8 cm³/mol. The van der Waals surface area contributed by atoms with E-state index in [9.17, 15) is 0 Å². The van der Waals surface area contributed by atoms with E-state index in [-0.39, 0.29) is 0 Å². The first-order chi connectivity index (χ1) is 6.03. The Labute approximate surface area is 78.0 Å². The molecule has 0 saturated heterocycles. The Morgan fingerprint density at radius 2 is 2.46 bits per heavy atom. The summed E-state index contributed by atoms with van der Waals surface area (Å²) >= 11 is 0. The van der Waals surface area contributed by atoms with Crippen LogP contribution in [0.4, 0.5) is 0 Å². The van der Waals surface area contributed by atoms with E-state index in [4.69, 9.17) is 11.0 Å². The van der Waals surface area contributed by atoms with E-state index in [1.807, 2.05) is 19.2 Å². The Morgan fingerprint density at radius 3 is 2.92 bits per heavy atom. The SMILES string of the molecule is Cc1ccn(CCC(C)(N)C#N)n1. The summed E-state index contributed by atoms with van der Waals surface area (Å²) in [6.07, 6.45) is 2.51. The zero-order chi connectivity index (χ0) is 9.90. The molecule has 0 fully saturated rings. The first kappa shape index (κ1) is 9.75. The third kappa shape index (κ3) is 2.88. The van der Waals surface area contributed by atoms with Crippen LogP contribution >= 0.6 is 0 Å². The fourth-order valence-corrected chi connectivity index (χ4v) is 0.990. The van der Waals surface area contributed by atoms with E-state index in [0.29, 0.717) is 13.0 Å². The Kier molecular flexibility index (Phi) is 2.69. The zero-order valence-electron chi connectivity index (χ0n) is 7.99. The van der Waals surface area contributed by atoms with Gasteiger partial charge in [-0.3, -0.25) is 4.68 Å². The summed E-state index contributed by atoms with van der Waals surface area (Å²) in [6.45, 7) is 4.35. The molecule has 0 aliphatic carbocycles. The fraction of sp³-hybridized carbons (Fsp3) is 0.556. The molecule has 1 atom stereocenters. The van der Waals surface area contributed by atoms with Gasteiger partial charge < -0.3 is 5.73 Å². The van der Waals surface area contributed by atoms with Crippen molar-refractivity contribution in [1.29, 1.82) is 5.26 Å². The van der Waals surface area contributed by atoms with Gasteiger partial charge >= 0.3 is 0 Å². The third-order valence-corrected chi connectivity index (χ3v) is 1.89. The van der Waals surface area contributed by atoms with Crippen LogP contribution in [0.15, 0.2) is 12.3 Å². The van der Waals surface area contributed by atoms with Gasteiger partial charge in [0.25, 0.3) is 0 Å². The van der Waals surface area contributed by atoms with Gasteiger partial charge in [0.05, 0.1) is 11.8 Å². The van der Waals surface area contributed by atoms with Gasteiger partial charge in [-0.1, -0.05) is 0 Å². The maximum absolute atomic E-state index is 8.67. The lowest BCUT2D eigenvalue weighted by Crippen LogP contribution is -2.35. The highest BCUT2D eigenvalue weighted by molar-refractivity contribution is 5.01. The summed E-state index contributed by atoms with van der Waals surface area (Å²) in [5.74, 6) is 0. The van der Waals surface area contributed by atoms with Crippen molar-refractivity contribution in [2.24, 2.45) is 5.73 Å². The van der Waals surface area contributed by atoms with Crippen molar-refractivity contribution in [2.45, 2.75) is 32.4 Å². The third-order valence-electron chi connectivity index (χ3n) is 1.89. The number of nitrogens with two attached hydrogens (primary N) is 1. The molecule has 0 aliphatic heterocycles. The standard InChI is InChI=1S/C9H14N4/c1-8-3-5-13(12-8)6-4-9(2,11)7-10/h3,5H,4,6,11H2,1-2H3. The molecule has 70 valence electrons. The highest BCUT2D eigenvalue weighted by Crippen LogP contribution is 2.05. The average Bonchev–Trinajstić information content (AvgIpc) is 2.48. The molecule has 1 rings (SSSR count). The minimum atomic E-state index is -0.750. The molecule has 4 heteroatoms. The molecule has 0 aromatic carbocycles. The predicted octanol–water partition coefficient (Wildman–Crippen LogP) is 0.823. The van der Waals surface area contributed by atoms with Gasteiger partial charge in [-0.2, -0.15) is 10.4 Å². The van der Waals surface area contributed by atoms with Crippen molar-refractivity contribution in [2.75, 3.05) is 0 Å². The van der Waals surface area contributed by atoms with Gasteiger partial charge in [0.15, 0.2) is 0 Å². The van der Waals surface area contributed by atoms with Crippen molar-refractivity contribution in [3.8, 4) is 6.07 Å². The second kappa shape index (κ2) is 3.58. The molecule has 0 aliphatic rings. The van der Waals surface area contributed by atoms with Gasteiger partial charge in [-0.25, -0.2) is 0 Å². The van der Waals surface area contributed by atoms with Crippen LogP contribution in [0.3, 0.4) is 0 Å². The molecule has 0 radical (unpaired) electrons. The normalized spacial score (nSPS) is 14.9. The van der Waals surface area contributed by atoms with Crippen LogP contribution in [-0.4, -0.2) is 15.3 Å². The fourth-order valence-electron chi connectivity index (χ4n) is 0.990. The number of rotatable bonds is 3. The summed E-state index contributed by atoms with van der Waals surface area (Å²) < 4.78 is 1.80. The van der Waals surface area contributed by atoms with E-state index in [2.05, 4.69) is 11.2 Å². The second-order valence-corrected chi connectivity index (χ2v) is 3.50. The number of nitriles is 1. The van der Waals surface area contributed by atoms with Crippen LogP contribution < -0.4 is 5.73 Å². The molecule has 1 aromatic rings. The molecule has 0 saturated carbocycles. The average molecular weight is 178 g/mol. The highest BCUT2D eigenvalue weighted by Gasteiger charge is 2.16. The minimum Gasteiger partial charge on any atom is -0.314 e. The van der Waals surface area contributed by atoms with Gasteiger partial charge in [0.2, 0.25) is 0 Å². The van der Waals surface area contributed by atoms with Crippen molar-refractivity contribution in [3.05, 3.63) is 18.0 Å². The van der Waals surface area contributed by atoms with Gasteiger partial charge in [0, 0.05) is 12.7 Å². The summed E-state index contributed by atoms with van der Waals surface area (Å²) in [7, 11) is 0. The Balaban J connectivity index is 2.49. The molecule has 1 aromatic heterocycles. The first-order valence-corrected chi connectivity index (χ1v) is 4.24. The first-order valence-electron chi connectivity index (χ1n) is 4.24. The summed E-state index contributed by atoms with van der Waals surface area (Å²) in [5, 5.41) is 12.9. The van der Waals surface area contributed by atoms with Crippen LogP contribution in [0.1, 0.15) is 19.0 Å². The maximum Gasteiger partial charge on any atom is 0.103 e. The van der Waals surface area contributed by atoms with E-state index in [0.717, 1.165) is 5.69 Å². The Hall–Kier alpha value is -1.34. The number of nitrogens with zero attached hydrogens (tertiary/aromatic N) is 3. The summed E-state index contributed by atoms with van der Waals surface area (Å²) in [4.78, 5) is 0. The van der Waals surface area contributed by atoms with E-state index in [1.54, 1.807) is 11.6 Å². The molecule has 4 nitrogen and oxygen atoms in total. The van der Waals surface area contributed by atoms with Gasteiger partial charge in [0.1, 0.15) is 5.54 Å². The van der Waals surface area contributed by atoms with E-state index < -0.39 is 5.54 Å². The minimum absolute atomic E-state index is 0.616. The number of aromatic nitrogens is 2. The molecule has 0 amide bonds. The topological polar surface area (TPSA) is 67.6 Å². The molecule has 1 heterocycles. The molecule has 2 N–H and O–H groups in total. The Bertz CT molecular complexity index is 319. The number of hydrogen-bond acceptors (Lipinski definition) is 3. The lowest BCUT2D eigenvalue weighted by Gasteiger charge is -2.14. The highest BCUT2D eigenvalue weighted by atomic mass is 15.3.